The molecule has 2 N–H and O–H groups in total. The highest BCUT2D eigenvalue weighted by Crippen LogP contribution is 2.32. The maximum atomic E-state index is 12.6. The average molecular weight is 424 g/mol. The number of methoxy groups -OCH3 is 1. The highest BCUT2D eigenvalue weighted by molar-refractivity contribution is 5.95. The number of hydrogen-bond donors (Lipinski definition) is 2. The van der Waals surface area contributed by atoms with Crippen molar-refractivity contribution in [1.29, 1.82) is 0 Å². The van der Waals surface area contributed by atoms with Gasteiger partial charge in [-0.15, -0.1) is 0 Å². The molecule has 0 fully saturated rings. The molecular formula is C24H28N2O5. The Morgan fingerprint density at radius 2 is 1.87 bits per heavy atom. The SMILES string of the molecule is CCOC(=O)C1=C(C)NC(=O)N[C@H]1c1ccc(OC)c(COc2cccc(C)c2C)c1. The van der Waals surface area contributed by atoms with Crippen LogP contribution in [0, 0.1) is 13.8 Å². The van der Waals surface area contributed by atoms with E-state index in [1.807, 2.05) is 50.2 Å². The van der Waals surface area contributed by atoms with Crippen molar-refractivity contribution in [1.82, 2.24) is 10.6 Å². The molecule has 0 unspecified atom stereocenters. The summed E-state index contributed by atoms with van der Waals surface area (Å²) < 4.78 is 16.8. The number of amides is 2. The van der Waals surface area contributed by atoms with E-state index >= 15 is 0 Å². The van der Waals surface area contributed by atoms with Crippen LogP contribution in [0.3, 0.4) is 0 Å². The number of nitrogens with one attached hydrogen (secondary N) is 2. The molecule has 2 aromatic rings. The van der Waals surface area contributed by atoms with Crippen LogP contribution in [-0.2, 0) is 16.1 Å². The molecule has 7 nitrogen and oxygen atoms in total. The zero-order valence-electron chi connectivity index (χ0n) is 18.5. The summed E-state index contributed by atoms with van der Waals surface area (Å²) in [5.41, 5.74) is 4.60. The summed E-state index contributed by atoms with van der Waals surface area (Å²) >= 11 is 0. The number of hydrogen-bond acceptors (Lipinski definition) is 5. The first-order chi connectivity index (χ1) is 14.8. The van der Waals surface area contributed by atoms with Gasteiger partial charge in [-0.2, -0.15) is 0 Å². The van der Waals surface area contributed by atoms with Crippen LogP contribution in [-0.4, -0.2) is 25.7 Å². The number of carbonyl (C=O) groups excluding carboxylic acids is 2. The average Bonchev–Trinajstić information content (AvgIpc) is 2.74. The molecule has 31 heavy (non-hydrogen) atoms. The quantitative estimate of drug-likeness (QED) is 0.654. The number of ether oxygens (including phenoxy) is 3. The maximum absolute atomic E-state index is 12.6. The number of aryl methyl sites for hydroxylation is 1. The second-order valence-electron chi connectivity index (χ2n) is 7.35. The lowest BCUT2D eigenvalue weighted by Gasteiger charge is -2.28. The Kier molecular flexibility index (Phi) is 6.84. The molecule has 0 spiro atoms. The van der Waals surface area contributed by atoms with E-state index in [1.54, 1.807) is 21.0 Å². The van der Waals surface area contributed by atoms with Crippen molar-refractivity contribution in [3.63, 3.8) is 0 Å². The second-order valence-corrected chi connectivity index (χ2v) is 7.35. The van der Waals surface area contributed by atoms with Crippen molar-refractivity contribution < 1.29 is 23.8 Å². The summed E-state index contributed by atoms with van der Waals surface area (Å²) in [6, 6.07) is 10.4. The van der Waals surface area contributed by atoms with Gasteiger partial charge in [0.15, 0.2) is 0 Å². The van der Waals surface area contributed by atoms with E-state index in [1.165, 1.54) is 0 Å². The van der Waals surface area contributed by atoms with Gasteiger partial charge in [0, 0.05) is 11.3 Å². The number of esters is 1. The third kappa shape index (κ3) is 4.82. The summed E-state index contributed by atoms with van der Waals surface area (Å²) in [4.78, 5) is 24.7. The Hall–Kier alpha value is -3.48. The Bertz CT molecular complexity index is 1030. The van der Waals surface area contributed by atoms with Crippen molar-refractivity contribution in [3.05, 3.63) is 69.9 Å². The first-order valence-electron chi connectivity index (χ1n) is 10.2. The highest BCUT2D eigenvalue weighted by atomic mass is 16.5. The summed E-state index contributed by atoms with van der Waals surface area (Å²) in [6.45, 7) is 8.00. The van der Waals surface area contributed by atoms with E-state index in [-0.39, 0.29) is 19.2 Å². The molecule has 0 saturated heterocycles. The van der Waals surface area contributed by atoms with Crippen LogP contribution < -0.4 is 20.1 Å². The predicted molar refractivity (Wildman–Crippen MR) is 117 cm³/mol. The second kappa shape index (κ2) is 9.55. The van der Waals surface area contributed by atoms with Crippen LogP contribution in [0.1, 0.15) is 42.1 Å². The first kappa shape index (κ1) is 22.2. The van der Waals surface area contributed by atoms with E-state index < -0.39 is 12.0 Å². The van der Waals surface area contributed by atoms with Gasteiger partial charge in [-0.25, -0.2) is 9.59 Å². The zero-order chi connectivity index (χ0) is 22.5. The van der Waals surface area contributed by atoms with Gasteiger partial charge < -0.3 is 24.8 Å². The van der Waals surface area contributed by atoms with Gasteiger partial charge in [0.25, 0.3) is 0 Å². The summed E-state index contributed by atoms with van der Waals surface area (Å²) in [5.74, 6) is 0.986. The third-order valence-electron chi connectivity index (χ3n) is 5.34. The Morgan fingerprint density at radius 3 is 2.58 bits per heavy atom. The van der Waals surface area contributed by atoms with E-state index in [9.17, 15) is 9.59 Å². The molecule has 7 heteroatoms. The zero-order valence-corrected chi connectivity index (χ0v) is 18.5. The minimum absolute atomic E-state index is 0.244. The van der Waals surface area contributed by atoms with Crippen molar-refractivity contribution in [2.24, 2.45) is 0 Å². The van der Waals surface area contributed by atoms with E-state index in [0.717, 1.165) is 28.0 Å². The van der Waals surface area contributed by atoms with Crippen molar-refractivity contribution in [3.8, 4) is 11.5 Å². The van der Waals surface area contributed by atoms with Crippen molar-refractivity contribution >= 4 is 12.0 Å². The number of allylic oxidation sites excluding steroid dienone is 1. The molecule has 1 aliphatic heterocycles. The van der Waals surface area contributed by atoms with Gasteiger partial charge in [0.2, 0.25) is 0 Å². The minimum atomic E-state index is -0.641. The van der Waals surface area contributed by atoms with Gasteiger partial charge in [-0.3, -0.25) is 0 Å². The summed E-state index contributed by atoms with van der Waals surface area (Å²) in [5, 5.41) is 5.46. The van der Waals surface area contributed by atoms with Crippen LogP contribution in [0.2, 0.25) is 0 Å². The fourth-order valence-corrected chi connectivity index (χ4v) is 3.55. The largest absolute Gasteiger partial charge is 0.496 e. The number of urea groups is 1. The first-order valence-corrected chi connectivity index (χ1v) is 10.2. The Balaban J connectivity index is 1.94. The molecule has 1 heterocycles. The van der Waals surface area contributed by atoms with Crippen LogP contribution >= 0.6 is 0 Å². The van der Waals surface area contributed by atoms with E-state index in [4.69, 9.17) is 14.2 Å². The molecule has 0 bridgehead atoms. The molecule has 0 saturated carbocycles. The lowest BCUT2D eigenvalue weighted by atomic mass is 9.94. The Labute approximate surface area is 182 Å². The number of benzene rings is 2. The monoisotopic (exact) mass is 424 g/mol. The molecule has 1 aliphatic rings. The normalized spacial score (nSPS) is 15.8. The van der Waals surface area contributed by atoms with Crippen LogP contribution in [0.4, 0.5) is 4.79 Å². The van der Waals surface area contributed by atoms with Crippen molar-refractivity contribution in [2.75, 3.05) is 13.7 Å². The minimum Gasteiger partial charge on any atom is -0.496 e. The standard InChI is InChI=1S/C24H28N2O5/c1-6-30-23(27)21-16(4)25-24(28)26-22(21)17-10-11-20(29-5)18(12-17)13-31-19-9-7-8-14(2)15(19)3/h7-12,22H,6,13H2,1-5H3,(H2,25,26,28)/t22-/m0/s1. The topological polar surface area (TPSA) is 85.9 Å². The maximum Gasteiger partial charge on any atom is 0.338 e. The highest BCUT2D eigenvalue weighted by Gasteiger charge is 2.32. The fourth-order valence-electron chi connectivity index (χ4n) is 3.55. The number of rotatable bonds is 7. The Morgan fingerprint density at radius 1 is 1.10 bits per heavy atom. The molecule has 0 aromatic heterocycles. The molecule has 0 aliphatic carbocycles. The lowest BCUT2D eigenvalue weighted by molar-refractivity contribution is -0.139. The van der Waals surface area contributed by atoms with Crippen LogP contribution in [0.15, 0.2) is 47.7 Å². The van der Waals surface area contributed by atoms with E-state index in [2.05, 4.69) is 10.6 Å². The lowest BCUT2D eigenvalue weighted by Crippen LogP contribution is -2.45. The van der Waals surface area contributed by atoms with Crippen LogP contribution in [0.5, 0.6) is 11.5 Å². The molecule has 0 radical (unpaired) electrons. The van der Waals surface area contributed by atoms with Gasteiger partial charge in [-0.05, 0) is 62.6 Å². The van der Waals surface area contributed by atoms with Gasteiger partial charge in [0.05, 0.1) is 25.3 Å². The van der Waals surface area contributed by atoms with Crippen molar-refractivity contribution in [2.45, 2.75) is 40.3 Å². The molecule has 1 atom stereocenters. The molecular weight excluding hydrogens is 396 g/mol. The smallest absolute Gasteiger partial charge is 0.338 e. The summed E-state index contributed by atoms with van der Waals surface area (Å²) in [7, 11) is 1.59. The number of carbonyl (C=O) groups is 2. The molecule has 2 amide bonds. The third-order valence-corrected chi connectivity index (χ3v) is 5.34. The molecule has 2 aromatic carbocycles. The molecule has 164 valence electrons. The van der Waals surface area contributed by atoms with Gasteiger partial charge in [-0.1, -0.05) is 18.2 Å². The fraction of sp³-hybridized carbons (Fsp3) is 0.333. The van der Waals surface area contributed by atoms with Gasteiger partial charge in [0.1, 0.15) is 18.1 Å². The van der Waals surface area contributed by atoms with Gasteiger partial charge >= 0.3 is 12.0 Å². The molecule has 3 rings (SSSR count). The predicted octanol–water partition coefficient (Wildman–Crippen LogP) is 4.08. The summed E-state index contributed by atoms with van der Waals surface area (Å²) in [6.07, 6.45) is 0. The van der Waals surface area contributed by atoms with E-state index in [0.29, 0.717) is 17.0 Å². The van der Waals surface area contributed by atoms with Crippen LogP contribution in [0.25, 0.3) is 0 Å².